The number of carbonyl (C=O) groups excluding carboxylic acids is 1. The predicted octanol–water partition coefficient (Wildman–Crippen LogP) is 1.05. The summed E-state index contributed by atoms with van der Waals surface area (Å²) in [6.07, 6.45) is 0. The van der Waals surface area contributed by atoms with Crippen LogP contribution >= 0.6 is 11.3 Å². The monoisotopic (exact) mass is 332 g/mol. The fourth-order valence-electron chi connectivity index (χ4n) is 2.26. The van der Waals surface area contributed by atoms with Crippen LogP contribution in [0.5, 0.6) is 0 Å². The molecule has 8 heteroatoms. The van der Waals surface area contributed by atoms with Gasteiger partial charge in [0.1, 0.15) is 4.21 Å². The second-order valence-corrected chi connectivity index (χ2v) is 8.52. The SMILES string of the molecule is C[C@H](NS(=O)(=O)c1cccs1)C(=O)N1CCOCC1(C)C. The maximum absolute atomic E-state index is 12.5. The Balaban J connectivity index is 2.09. The van der Waals surface area contributed by atoms with Gasteiger partial charge in [-0.15, -0.1) is 11.3 Å². The van der Waals surface area contributed by atoms with Crippen molar-refractivity contribution >= 4 is 27.3 Å². The summed E-state index contributed by atoms with van der Waals surface area (Å²) in [5, 5.41) is 1.69. The molecule has 1 aromatic heterocycles. The van der Waals surface area contributed by atoms with E-state index >= 15 is 0 Å². The summed E-state index contributed by atoms with van der Waals surface area (Å²) in [5.41, 5.74) is -0.433. The van der Waals surface area contributed by atoms with Crippen LogP contribution in [0.3, 0.4) is 0 Å². The normalized spacial score (nSPS) is 20.2. The summed E-state index contributed by atoms with van der Waals surface area (Å²) >= 11 is 1.12. The number of sulfonamides is 1. The van der Waals surface area contributed by atoms with E-state index < -0.39 is 21.6 Å². The largest absolute Gasteiger partial charge is 0.377 e. The van der Waals surface area contributed by atoms with Crippen LogP contribution in [0.15, 0.2) is 21.7 Å². The average Bonchev–Trinajstić information content (AvgIpc) is 2.91. The minimum Gasteiger partial charge on any atom is -0.377 e. The molecule has 0 saturated carbocycles. The van der Waals surface area contributed by atoms with Crippen LogP contribution < -0.4 is 4.72 Å². The molecule has 1 aliphatic heterocycles. The third kappa shape index (κ3) is 3.63. The van der Waals surface area contributed by atoms with Crippen molar-refractivity contribution in [1.82, 2.24) is 9.62 Å². The molecule has 0 bridgehead atoms. The molecular formula is C13H20N2O4S2. The van der Waals surface area contributed by atoms with Crippen molar-refractivity contribution in [2.24, 2.45) is 0 Å². The van der Waals surface area contributed by atoms with Crippen LogP contribution in [0, 0.1) is 0 Å². The van der Waals surface area contributed by atoms with E-state index in [0.29, 0.717) is 19.8 Å². The van der Waals surface area contributed by atoms with Gasteiger partial charge < -0.3 is 9.64 Å². The minimum absolute atomic E-state index is 0.211. The van der Waals surface area contributed by atoms with Gasteiger partial charge in [-0.3, -0.25) is 4.79 Å². The van der Waals surface area contributed by atoms with Gasteiger partial charge in [0.05, 0.1) is 24.8 Å². The Morgan fingerprint density at radius 1 is 1.52 bits per heavy atom. The Morgan fingerprint density at radius 3 is 2.81 bits per heavy atom. The molecule has 1 amide bonds. The van der Waals surface area contributed by atoms with E-state index in [4.69, 9.17) is 4.74 Å². The first kappa shape index (κ1) is 16.4. The Bertz CT molecular complexity index is 596. The summed E-state index contributed by atoms with van der Waals surface area (Å²) in [7, 11) is -3.65. The van der Waals surface area contributed by atoms with Gasteiger partial charge in [-0.2, -0.15) is 4.72 Å². The molecule has 1 atom stereocenters. The molecule has 1 aliphatic rings. The molecule has 6 nitrogen and oxygen atoms in total. The van der Waals surface area contributed by atoms with Crippen LogP contribution in [0.4, 0.5) is 0 Å². The summed E-state index contributed by atoms with van der Waals surface area (Å²) in [4.78, 5) is 14.2. The number of carbonyl (C=O) groups is 1. The smallest absolute Gasteiger partial charge is 0.250 e. The van der Waals surface area contributed by atoms with Crippen molar-refractivity contribution in [3.63, 3.8) is 0 Å². The second-order valence-electron chi connectivity index (χ2n) is 5.63. The number of rotatable bonds is 4. The molecule has 1 N–H and O–H groups in total. The Kier molecular flexibility index (Phi) is 4.72. The van der Waals surface area contributed by atoms with E-state index in [1.165, 1.54) is 6.07 Å². The number of ether oxygens (including phenoxy) is 1. The highest BCUT2D eigenvalue weighted by Gasteiger charge is 2.37. The summed E-state index contributed by atoms with van der Waals surface area (Å²) in [6.45, 7) is 6.77. The predicted molar refractivity (Wildman–Crippen MR) is 80.7 cm³/mol. The summed E-state index contributed by atoms with van der Waals surface area (Å²) in [5.74, 6) is -0.233. The van der Waals surface area contributed by atoms with Crippen molar-refractivity contribution in [3.8, 4) is 0 Å². The van der Waals surface area contributed by atoms with E-state index in [1.807, 2.05) is 13.8 Å². The number of thiophene rings is 1. The Morgan fingerprint density at radius 2 is 2.24 bits per heavy atom. The first-order valence-electron chi connectivity index (χ1n) is 6.69. The lowest BCUT2D eigenvalue weighted by Gasteiger charge is -2.43. The highest BCUT2D eigenvalue weighted by atomic mass is 32.2. The molecule has 1 fully saturated rings. The van der Waals surface area contributed by atoms with Crippen molar-refractivity contribution in [2.45, 2.75) is 36.6 Å². The third-order valence-electron chi connectivity index (χ3n) is 3.37. The summed E-state index contributed by atoms with van der Waals surface area (Å²) < 4.78 is 32.3. The topological polar surface area (TPSA) is 75.7 Å². The molecule has 0 aliphatic carbocycles. The molecule has 0 spiro atoms. The van der Waals surface area contributed by atoms with Crippen molar-refractivity contribution < 1.29 is 17.9 Å². The second kappa shape index (κ2) is 6.04. The number of hydrogen-bond donors (Lipinski definition) is 1. The van der Waals surface area contributed by atoms with E-state index in [9.17, 15) is 13.2 Å². The van der Waals surface area contributed by atoms with Gasteiger partial charge >= 0.3 is 0 Å². The van der Waals surface area contributed by atoms with E-state index in [2.05, 4.69) is 4.72 Å². The molecule has 118 valence electrons. The number of nitrogens with zero attached hydrogens (tertiary/aromatic N) is 1. The van der Waals surface area contributed by atoms with Crippen molar-refractivity contribution in [3.05, 3.63) is 17.5 Å². The van der Waals surface area contributed by atoms with Crippen LogP contribution in [-0.2, 0) is 19.6 Å². The number of hydrogen-bond acceptors (Lipinski definition) is 5. The zero-order valence-electron chi connectivity index (χ0n) is 12.3. The summed E-state index contributed by atoms with van der Waals surface area (Å²) in [6, 6.07) is 2.37. The number of morpholine rings is 1. The first-order chi connectivity index (χ1) is 9.74. The molecule has 0 radical (unpaired) electrons. The van der Waals surface area contributed by atoms with Gasteiger partial charge in [-0.1, -0.05) is 6.07 Å². The van der Waals surface area contributed by atoms with Crippen molar-refractivity contribution in [2.75, 3.05) is 19.8 Å². The third-order valence-corrected chi connectivity index (χ3v) is 6.31. The molecule has 1 aromatic rings. The lowest BCUT2D eigenvalue weighted by molar-refractivity contribution is -0.147. The van der Waals surface area contributed by atoms with E-state index in [1.54, 1.807) is 23.3 Å². The van der Waals surface area contributed by atoms with Crippen molar-refractivity contribution in [1.29, 1.82) is 0 Å². The molecule has 0 aromatic carbocycles. The fraction of sp³-hybridized carbons (Fsp3) is 0.615. The van der Waals surface area contributed by atoms with Gasteiger partial charge in [0.2, 0.25) is 5.91 Å². The quantitative estimate of drug-likeness (QED) is 0.894. The Labute approximate surface area is 129 Å². The zero-order chi connectivity index (χ0) is 15.7. The Hall–Kier alpha value is -0.960. The molecule has 1 saturated heterocycles. The lowest BCUT2D eigenvalue weighted by Crippen LogP contribution is -2.59. The minimum atomic E-state index is -3.65. The fourth-order valence-corrected chi connectivity index (χ4v) is 4.46. The highest BCUT2D eigenvalue weighted by Crippen LogP contribution is 2.21. The molecule has 21 heavy (non-hydrogen) atoms. The lowest BCUT2D eigenvalue weighted by atomic mass is 10.0. The van der Waals surface area contributed by atoms with Gasteiger partial charge in [0.25, 0.3) is 10.0 Å². The molecular weight excluding hydrogens is 312 g/mol. The van der Waals surface area contributed by atoms with Crippen LogP contribution in [0.25, 0.3) is 0 Å². The average molecular weight is 332 g/mol. The maximum Gasteiger partial charge on any atom is 0.250 e. The van der Waals surface area contributed by atoms with Gasteiger partial charge in [-0.05, 0) is 32.2 Å². The highest BCUT2D eigenvalue weighted by molar-refractivity contribution is 7.91. The zero-order valence-corrected chi connectivity index (χ0v) is 14.0. The molecule has 2 rings (SSSR count). The van der Waals surface area contributed by atoms with Crippen LogP contribution in [0.2, 0.25) is 0 Å². The first-order valence-corrected chi connectivity index (χ1v) is 9.05. The molecule has 0 unspecified atom stereocenters. The number of nitrogens with one attached hydrogen (secondary N) is 1. The van der Waals surface area contributed by atoms with Gasteiger partial charge in [0.15, 0.2) is 0 Å². The van der Waals surface area contributed by atoms with Crippen LogP contribution in [0.1, 0.15) is 20.8 Å². The van der Waals surface area contributed by atoms with Crippen LogP contribution in [-0.4, -0.2) is 50.6 Å². The molecule has 2 heterocycles. The van der Waals surface area contributed by atoms with E-state index in [0.717, 1.165) is 11.3 Å². The number of amides is 1. The van der Waals surface area contributed by atoms with E-state index in [-0.39, 0.29) is 10.1 Å². The van der Waals surface area contributed by atoms with Gasteiger partial charge in [-0.25, -0.2) is 8.42 Å². The standard InChI is InChI=1S/C13H20N2O4S2/c1-10(14-21(17,18)11-5-4-8-20-11)12(16)15-6-7-19-9-13(15,2)3/h4-5,8,10,14H,6-7,9H2,1-3H3/t10-/m0/s1. The van der Waals surface area contributed by atoms with Gasteiger partial charge in [0, 0.05) is 6.54 Å². The maximum atomic E-state index is 12.5.